The van der Waals surface area contributed by atoms with Gasteiger partial charge in [0.1, 0.15) is 0 Å². The average Bonchev–Trinajstić information content (AvgIpc) is 2.63. The van der Waals surface area contributed by atoms with Gasteiger partial charge in [-0.15, -0.1) is 0 Å². The molecule has 1 unspecified atom stereocenters. The third kappa shape index (κ3) is 5.17. The third-order valence-electron chi connectivity index (χ3n) is 3.23. The van der Waals surface area contributed by atoms with Gasteiger partial charge in [-0.05, 0) is 32.4 Å². The first-order chi connectivity index (χ1) is 7.99. The lowest BCUT2D eigenvalue weighted by atomic mass is 10.1. The molecule has 0 spiro atoms. The summed E-state index contributed by atoms with van der Waals surface area (Å²) in [5.41, 5.74) is 0. The maximum atomic E-state index is 11.7. The lowest BCUT2D eigenvalue weighted by molar-refractivity contribution is -0.137. The lowest BCUT2D eigenvalue weighted by Gasteiger charge is -2.21. The van der Waals surface area contributed by atoms with Crippen molar-refractivity contribution in [1.82, 2.24) is 9.80 Å². The quantitative estimate of drug-likeness (QED) is 0.743. The van der Waals surface area contributed by atoms with Gasteiger partial charge < -0.3 is 14.9 Å². The Labute approximate surface area is 102 Å². The summed E-state index contributed by atoms with van der Waals surface area (Å²) in [7, 11) is 3.90. The normalized spacial score (nSPS) is 20.5. The second-order valence-corrected chi connectivity index (χ2v) is 4.94. The van der Waals surface area contributed by atoms with Gasteiger partial charge in [0, 0.05) is 33.0 Å². The molecule has 1 amide bonds. The van der Waals surface area contributed by atoms with Crippen molar-refractivity contribution < 1.29 is 14.7 Å². The number of carbonyl (C=O) groups excluding carboxylic acids is 1. The van der Waals surface area contributed by atoms with Gasteiger partial charge >= 0.3 is 5.97 Å². The first-order valence-electron chi connectivity index (χ1n) is 6.13. The summed E-state index contributed by atoms with van der Waals surface area (Å²) in [6.07, 6.45) is 1.99. The fourth-order valence-electron chi connectivity index (χ4n) is 2.25. The van der Waals surface area contributed by atoms with Gasteiger partial charge in [-0.25, -0.2) is 0 Å². The number of rotatable bonds is 6. The molecule has 5 nitrogen and oxygen atoms in total. The van der Waals surface area contributed by atoms with Crippen molar-refractivity contribution >= 4 is 11.9 Å². The molecule has 0 radical (unpaired) electrons. The third-order valence-corrected chi connectivity index (χ3v) is 3.23. The van der Waals surface area contributed by atoms with E-state index < -0.39 is 5.97 Å². The lowest BCUT2D eigenvalue weighted by Crippen LogP contribution is -2.32. The largest absolute Gasteiger partial charge is 0.481 e. The van der Waals surface area contributed by atoms with Crippen molar-refractivity contribution in [2.45, 2.75) is 25.7 Å². The van der Waals surface area contributed by atoms with Gasteiger partial charge in [-0.2, -0.15) is 0 Å². The summed E-state index contributed by atoms with van der Waals surface area (Å²) in [4.78, 5) is 26.1. The van der Waals surface area contributed by atoms with Crippen LogP contribution in [-0.2, 0) is 9.59 Å². The number of hydrogen-bond acceptors (Lipinski definition) is 3. The van der Waals surface area contributed by atoms with Crippen LogP contribution in [0.2, 0.25) is 0 Å². The number of likely N-dealkylation sites (tertiary alicyclic amines) is 1. The van der Waals surface area contributed by atoms with Gasteiger partial charge in [0.2, 0.25) is 5.91 Å². The minimum Gasteiger partial charge on any atom is -0.481 e. The Balaban J connectivity index is 2.20. The average molecular weight is 242 g/mol. The van der Waals surface area contributed by atoms with Gasteiger partial charge in [0.05, 0.1) is 0 Å². The van der Waals surface area contributed by atoms with Crippen molar-refractivity contribution in [2.24, 2.45) is 5.92 Å². The maximum absolute atomic E-state index is 11.7. The predicted molar refractivity (Wildman–Crippen MR) is 64.7 cm³/mol. The molecular formula is C12H22N2O3. The Kier molecular flexibility index (Phi) is 5.41. The van der Waals surface area contributed by atoms with Crippen LogP contribution in [0.3, 0.4) is 0 Å². The Bertz CT molecular complexity index is 281. The fraction of sp³-hybridized carbons (Fsp3) is 0.833. The summed E-state index contributed by atoms with van der Waals surface area (Å²) in [5, 5.41) is 8.49. The van der Waals surface area contributed by atoms with E-state index in [0.29, 0.717) is 18.8 Å². The molecule has 1 saturated heterocycles. The first kappa shape index (κ1) is 14.0. The summed E-state index contributed by atoms with van der Waals surface area (Å²) >= 11 is 0. The van der Waals surface area contributed by atoms with Crippen LogP contribution in [0.15, 0.2) is 0 Å². The molecule has 0 saturated carbocycles. The van der Waals surface area contributed by atoms with Crippen molar-refractivity contribution in [1.29, 1.82) is 0 Å². The Morgan fingerprint density at radius 2 is 2.12 bits per heavy atom. The van der Waals surface area contributed by atoms with E-state index in [-0.39, 0.29) is 12.3 Å². The molecule has 1 aliphatic heterocycles. The highest BCUT2D eigenvalue weighted by Crippen LogP contribution is 2.15. The van der Waals surface area contributed by atoms with Crippen molar-refractivity contribution in [2.75, 3.05) is 33.7 Å². The number of amides is 1. The molecule has 0 bridgehead atoms. The Morgan fingerprint density at radius 1 is 1.41 bits per heavy atom. The van der Waals surface area contributed by atoms with E-state index in [9.17, 15) is 9.59 Å². The summed E-state index contributed by atoms with van der Waals surface area (Å²) in [6.45, 7) is 2.94. The molecular weight excluding hydrogens is 220 g/mol. The molecule has 1 heterocycles. The number of carboxylic acids is 1. The van der Waals surface area contributed by atoms with Gasteiger partial charge in [-0.3, -0.25) is 9.59 Å². The van der Waals surface area contributed by atoms with Crippen LogP contribution in [0.25, 0.3) is 0 Å². The van der Waals surface area contributed by atoms with E-state index in [2.05, 4.69) is 11.9 Å². The molecule has 1 rings (SSSR count). The highest BCUT2D eigenvalue weighted by Gasteiger charge is 2.22. The Morgan fingerprint density at radius 3 is 2.65 bits per heavy atom. The molecule has 1 aliphatic rings. The molecule has 0 aromatic carbocycles. The molecule has 1 fully saturated rings. The molecule has 5 heteroatoms. The summed E-state index contributed by atoms with van der Waals surface area (Å²) in [6, 6.07) is 0. The second-order valence-electron chi connectivity index (χ2n) is 4.94. The summed E-state index contributed by atoms with van der Waals surface area (Å²) in [5.74, 6) is -0.216. The van der Waals surface area contributed by atoms with E-state index in [1.165, 1.54) is 0 Å². The van der Waals surface area contributed by atoms with E-state index in [1.807, 2.05) is 0 Å². The van der Waals surface area contributed by atoms with Gasteiger partial charge in [-0.1, -0.05) is 0 Å². The van der Waals surface area contributed by atoms with E-state index in [4.69, 9.17) is 5.11 Å². The van der Waals surface area contributed by atoms with Crippen LogP contribution in [0.1, 0.15) is 25.7 Å². The number of nitrogens with zero attached hydrogens (tertiary/aromatic N) is 2. The molecule has 1 N–H and O–H groups in total. The van der Waals surface area contributed by atoms with Crippen LogP contribution < -0.4 is 0 Å². The molecule has 0 aliphatic carbocycles. The van der Waals surface area contributed by atoms with Crippen LogP contribution in [0.5, 0.6) is 0 Å². The van der Waals surface area contributed by atoms with E-state index >= 15 is 0 Å². The standard InChI is InChI=1S/C12H22N2O3/c1-13-7-6-10(8-13)9-14(2)11(15)4-3-5-12(16)17/h10H,3-9H2,1-2H3,(H,16,17). The highest BCUT2D eigenvalue weighted by molar-refractivity contribution is 5.76. The number of hydrogen-bond donors (Lipinski definition) is 1. The number of carbonyl (C=O) groups is 2. The minimum atomic E-state index is -0.835. The predicted octanol–water partition coefficient (Wildman–Crippen LogP) is 0.651. The molecule has 17 heavy (non-hydrogen) atoms. The number of aliphatic carboxylic acids is 1. The van der Waals surface area contributed by atoms with Crippen LogP contribution in [0, 0.1) is 5.92 Å². The smallest absolute Gasteiger partial charge is 0.303 e. The zero-order chi connectivity index (χ0) is 12.8. The van der Waals surface area contributed by atoms with Crippen LogP contribution in [0.4, 0.5) is 0 Å². The molecule has 1 atom stereocenters. The summed E-state index contributed by atoms with van der Waals surface area (Å²) < 4.78 is 0. The SMILES string of the molecule is CN1CCC(CN(C)C(=O)CCCC(=O)O)C1. The minimum absolute atomic E-state index is 0.0563. The van der Waals surface area contributed by atoms with Gasteiger partial charge in [0.15, 0.2) is 0 Å². The molecule has 0 aromatic heterocycles. The van der Waals surface area contributed by atoms with Crippen LogP contribution >= 0.6 is 0 Å². The fourth-order valence-corrected chi connectivity index (χ4v) is 2.25. The van der Waals surface area contributed by atoms with E-state index in [0.717, 1.165) is 26.1 Å². The highest BCUT2D eigenvalue weighted by atomic mass is 16.4. The zero-order valence-electron chi connectivity index (χ0n) is 10.7. The second kappa shape index (κ2) is 6.59. The Hall–Kier alpha value is -1.10. The van der Waals surface area contributed by atoms with Crippen molar-refractivity contribution in [3.63, 3.8) is 0 Å². The van der Waals surface area contributed by atoms with Gasteiger partial charge in [0.25, 0.3) is 0 Å². The first-order valence-corrected chi connectivity index (χ1v) is 6.13. The van der Waals surface area contributed by atoms with E-state index in [1.54, 1.807) is 11.9 Å². The molecule has 0 aromatic rings. The topological polar surface area (TPSA) is 60.9 Å². The number of carboxylic acid groups (broad SMARTS) is 1. The van der Waals surface area contributed by atoms with Crippen LogP contribution in [-0.4, -0.2) is 60.5 Å². The van der Waals surface area contributed by atoms with Crippen molar-refractivity contribution in [3.05, 3.63) is 0 Å². The molecule has 98 valence electrons. The van der Waals surface area contributed by atoms with Crippen molar-refractivity contribution in [3.8, 4) is 0 Å². The monoisotopic (exact) mass is 242 g/mol. The maximum Gasteiger partial charge on any atom is 0.303 e. The zero-order valence-corrected chi connectivity index (χ0v) is 10.7.